The third-order valence-corrected chi connectivity index (χ3v) is 4.86. The van der Waals surface area contributed by atoms with Gasteiger partial charge in [0, 0.05) is 6.08 Å². The van der Waals surface area contributed by atoms with Gasteiger partial charge in [-0.2, -0.15) is 0 Å². The smallest absolute Gasteiger partial charge is 0.248 e. The van der Waals surface area contributed by atoms with Crippen LogP contribution >= 0.6 is 15.9 Å². The molecule has 0 fully saturated rings. The summed E-state index contributed by atoms with van der Waals surface area (Å²) in [5.74, 6) is 1.52. The van der Waals surface area contributed by atoms with Gasteiger partial charge in [-0.15, -0.1) is 0 Å². The van der Waals surface area contributed by atoms with Crippen LogP contribution in [0.5, 0.6) is 17.2 Å². The van der Waals surface area contributed by atoms with Gasteiger partial charge in [0.2, 0.25) is 5.91 Å². The maximum absolute atomic E-state index is 12.3. The standard InChI is InChI=1S/C24H22BrNO4/c1-28-21-11-7-6-10-20(21)26-23(27)13-12-18-14-19(25)24(22(15-18)29-2)30-16-17-8-4-3-5-9-17/h3-15H,16H2,1-2H3,(H,26,27)/b13-12+. The summed E-state index contributed by atoms with van der Waals surface area (Å²) in [7, 11) is 3.14. The Kier molecular flexibility index (Phi) is 7.51. The summed E-state index contributed by atoms with van der Waals surface area (Å²) in [6.07, 6.45) is 3.16. The van der Waals surface area contributed by atoms with Crippen molar-refractivity contribution in [2.75, 3.05) is 19.5 Å². The van der Waals surface area contributed by atoms with Crippen molar-refractivity contribution in [2.45, 2.75) is 6.61 Å². The maximum atomic E-state index is 12.3. The first kappa shape index (κ1) is 21.5. The number of ether oxygens (including phenoxy) is 3. The van der Waals surface area contributed by atoms with Crippen molar-refractivity contribution in [2.24, 2.45) is 0 Å². The lowest BCUT2D eigenvalue weighted by atomic mass is 10.2. The molecule has 1 amide bonds. The molecule has 0 aliphatic carbocycles. The predicted octanol–water partition coefficient (Wildman–Crippen LogP) is 5.70. The quantitative estimate of drug-likeness (QED) is 0.431. The van der Waals surface area contributed by atoms with Crippen LogP contribution in [-0.4, -0.2) is 20.1 Å². The van der Waals surface area contributed by atoms with Crippen LogP contribution in [0.1, 0.15) is 11.1 Å². The summed E-state index contributed by atoms with van der Waals surface area (Å²) < 4.78 is 17.4. The average Bonchev–Trinajstić information content (AvgIpc) is 2.77. The van der Waals surface area contributed by atoms with Crippen LogP contribution in [-0.2, 0) is 11.4 Å². The molecule has 3 aromatic rings. The largest absolute Gasteiger partial charge is 0.495 e. The fourth-order valence-corrected chi connectivity index (χ4v) is 3.37. The first-order valence-corrected chi connectivity index (χ1v) is 10.1. The lowest BCUT2D eigenvalue weighted by molar-refractivity contribution is -0.111. The summed E-state index contributed by atoms with van der Waals surface area (Å²) in [4.78, 5) is 12.3. The minimum absolute atomic E-state index is 0.265. The molecule has 3 rings (SSSR count). The van der Waals surface area contributed by atoms with Crippen molar-refractivity contribution >= 4 is 33.6 Å². The molecule has 0 saturated carbocycles. The highest BCUT2D eigenvalue weighted by molar-refractivity contribution is 9.10. The summed E-state index contributed by atoms with van der Waals surface area (Å²) >= 11 is 3.54. The van der Waals surface area contributed by atoms with Crippen LogP contribution in [0.25, 0.3) is 6.08 Å². The number of rotatable bonds is 8. The highest BCUT2D eigenvalue weighted by Crippen LogP contribution is 2.37. The van der Waals surface area contributed by atoms with Crippen LogP contribution in [0.3, 0.4) is 0 Å². The van der Waals surface area contributed by atoms with Gasteiger partial charge in [0.15, 0.2) is 11.5 Å². The fourth-order valence-electron chi connectivity index (χ4n) is 2.80. The number of amides is 1. The van der Waals surface area contributed by atoms with Crippen LogP contribution in [0.15, 0.2) is 77.3 Å². The first-order chi connectivity index (χ1) is 14.6. The van der Waals surface area contributed by atoms with Gasteiger partial charge < -0.3 is 19.5 Å². The van der Waals surface area contributed by atoms with E-state index in [1.54, 1.807) is 32.4 Å². The second-order valence-corrected chi connectivity index (χ2v) is 7.19. The molecule has 30 heavy (non-hydrogen) atoms. The second kappa shape index (κ2) is 10.5. The molecule has 0 saturated heterocycles. The van der Waals surface area contributed by atoms with E-state index in [0.29, 0.717) is 29.5 Å². The number of nitrogens with one attached hydrogen (secondary N) is 1. The minimum atomic E-state index is -0.265. The lowest BCUT2D eigenvalue weighted by Gasteiger charge is -2.13. The normalized spacial score (nSPS) is 10.6. The van der Waals surface area contributed by atoms with E-state index >= 15 is 0 Å². The molecule has 0 spiro atoms. The summed E-state index contributed by atoms with van der Waals surface area (Å²) in [5, 5.41) is 2.81. The number of hydrogen-bond acceptors (Lipinski definition) is 4. The van der Waals surface area contributed by atoms with E-state index in [9.17, 15) is 4.79 Å². The number of carbonyl (C=O) groups excluding carboxylic acids is 1. The number of carbonyl (C=O) groups is 1. The Labute approximate surface area is 184 Å². The molecule has 0 heterocycles. The van der Waals surface area contributed by atoms with E-state index in [1.165, 1.54) is 6.08 Å². The highest BCUT2D eigenvalue weighted by atomic mass is 79.9. The molecule has 0 aliphatic rings. The third-order valence-electron chi connectivity index (χ3n) is 4.27. The fraction of sp³-hybridized carbons (Fsp3) is 0.125. The number of halogens is 1. The molecule has 0 aromatic heterocycles. The van der Waals surface area contributed by atoms with E-state index in [1.807, 2.05) is 54.6 Å². The van der Waals surface area contributed by atoms with Gasteiger partial charge in [0.25, 0.3) is 0 Å². The Bertz CT molecular complexity index is 1030. The van der Waals surface area contributed by atoms with Crippen molar-refractivity contribution in [1.29, 1.82) is 0 Å². The molecule has 0 bridgehead atoms. The maximum Gasteiger partial charge on any atom is 0.248 e. The van der Waals surface area contributed by atoms with Crippen LogP contribution < -0.4 is 19.5 Å². The molecule has 0 aliphatic heterocycles. The van der Waals surface area contributed by atoms with E-state index in [0.717, 1.165) is 15.6 Å². The Morgan fingerprint density at radius 1 is 0.967 bits per heavy atom. The second-order valence-electron chi connectivity index (χ2n) is 6.33. The van der Waals surface area contributed by atoms with Gasteiger partial charge >= 0.3 is 0 Å². The predicted molar refractivity (Wildman–Crippen MR) is 122 cm³/mol. The van der Waals surface area contributed by atoms with Crippen LogP contribution in [0.2, 0.25) is 0 Å². The van der Waals surface area contributed by atoms with Gasteiger partial charge in [0.05, 0.1) is 24.4 Å². The summed E-state index contributed by atoms with van der Waals surface area (Å²) in [5.41, 5.74) is 2.46. The Balaban J connectivity index is 1.71. The van der Waals surface area contributed by atoms with Gasteiger partial charge in [-0.05, 0) is 57.4 Å². The average molecular weight is 468 g/mol. The Morgan fingerprint density at radius 2 is 1.67 bits per heavy atom. The third kappa shape index (κ3) is 5.64. The topological polar surface area (TPSA) is 56.8 Å². The molecule has 5 nitrogen and oxygen atoms in total. The molecule has 1 N–H and O–H groups in total. The van der Waals surface area contributed by atoms with Gasteiger partial charge in [0.1, 0.15) is 12.4 Å². The zero-order chi connectivity index (χ0) is 21.3. The molecule has 0 unspecified atom stereocenters. The van der Waals surface area contributed by atoms with Crippen molar-refractivity contribution in [3.8, 4) is 17.2 Å². The molecule has 154 valence electrons. The number of para-hydroxylation sites is 2. The molecule has 3 aromatic carbocycles. The van der Waals surface area contributed by atoms with E-state index in [4.69, 9.17) is 14.2 Å². The molecule has 6 heteroatoms. The SMILES string of the molecule is COc1ccccc1NC(=O)/C=C/c1cc(Br)c(OCc2ccccc2)c(OC)c1. The number of hydrogen-bond donors (Lipinski definition) is 1. The van der Waals surface area contributed by atoms with E-state index in [2.05, 4.69) is 21.2 Å². The minimum Gasteiger partial charge on any atom is -0.495 e. The van der Waals surface area contributed by atoms with Crippen LogP contribution in [0, 0.1) is 0 Å². The van der Waals surface area contributed by atoms with Gasteiger partial charge in [-0.3, -0.25) is 4.79 Å². The first-order valence-electron chi connectivity index (χ1n) is 9.27. The van der Waals surface area contributed by atoms with E-state index < -0.39 is 0 Å². The molecular weight excluding hydrogens is 446 g/mol. The van der Waals surface area contributed by atoms with Crippen molar-refractivity contribution in [3.63, 3.8) is 0 Å². The monoisotopic (exact) mass is 467 g/mol. The molecular formula is C24H22BrNO4. The molecule has 0 radical (unpaired) electrons. The van der Waals surface area contributed by atoms with Crippen molar-refractivity contribution < 1.29 is 19.0 Å². The summed E-state index contributed by atoms with van der Waals surface area (Å²) in [6, 6.07) is 20.8. The highest BCUT2D eigenvalue weighted by Gasteiger charge is 2.12. The van der Waals surface area contributed by atoms with Gasteiger partial charge in [-0.1, -0.05) is 42.5 Å². The Morgan fingerprint density at radius 3 is 2.40 bits per heavy atom. The van der Waals surface area contributed by atoms with E-state index in [-0.39, 0.29) is 5.91 Å². The molecule has 0 atom stereocenters. The summed E-state index contributed by atoms with van der Waals surface area (Å²) in [6.45, 7) is 0.423. The number of anilines is 1. The number of methoxy groups -OCH3 is 2. The zero-order valence-electron chi connectivity index (χ0n) is 16.7. The van der Waals surface area contributed by atoms with Crippen LogP contribution in [0.4, 0.5) is 5.69 Å². The number of benzene rings is 3. The van der Waals surface area contributed by atoms with Gasteiger partial charge in [-0.25, -0.2) is 0 Å². The van der Waals surface area contributed by atoms with Crippen molar-refractivity contribution in [1.82, 2.24) is 0 Å². The lowest BCUT2D eigenvalue weighted by Crippen LogP contribution is -2.08. The zero-order valence-corrected chi connectivity index (χ0v) is 18.3. The van der Waals surface area contributed by atoms with Crippen molar-refractivity contribution in [3.05, 3.63) is 88.4 Å². The Hall–Kier alpha value is -3.25.